The summed E-state index contributed by atoms with van der Waals surface area (Å²) in [5.74, 6) is -1.00. The molecule has 21 heavy (non-hydrogen) atoms. The van der Waals surface area contributed by atoms with E-state index < -0.39 is 5.97 Å². The number of carbonyl (C=O) groups is 2. The van der Waals surface area contributed by atoms with E-state index in [-0.39, 0.29) is 11.6 Å². The summed E-state index contributed by atoms with van der Waals surface area (Å²) in [6, 6.07) is 13.0. The molecule has 0 saturated carbocycles. The Hall–Kier alpha value is -2.47. The Labute approximate surface area is 126 Å². The van der Waals surface area contributed by atoms with Crippen LogP contribution < -0.4 is 10.6 Å². The summed E-state index contributed by atoms with van der Waals surface area (Å²) in [6.07, 6.45) is 1.98. The van der Waals surface area contributed by atoms with Gasteiger partial charge in [0, 0.05) is 16.3 Å². The summed E-state index contributed by atoms with van der Waals surface area (Å²) in [4.78, 5) is 23.7. The maximum Gasteiger partial charge on any atom is 0.335 e. The van der Waals surface area contributed by atoms with Gasteiger partial charge in [0.2, 0.25) is 0 Å². The highest BCUT2D eigenvalue weighted by Gasteiger charge is 2.05. The predicted molar refractivity (Wildman–Crippen MR) is 84.3 cm³/mol. The number of hydrogen-bond donors (Lipinski definition) is 3. The van der Waals surface area contributed by atoms with Crippen molar-refractivity contribution in [2.75, 3.05) is 16.9 Å². The molecule has 5 nitrogen and oxygen atoms in total. The first-order valence-corrected chi connectivity index (χ1v) is 7.36. The maximum atomic E-state index is 11.8. The first-order valence-electron chi connectivity index (χ1n) is 6.14. The number of thioether (sulfide) groups is 1. The fourth-order valence-electron chi connectivity index (χ4n) is 1.66. The van der Waals surface area contributed by atoms with Gasteiger partial charge in [-0.15, -0.1) is 11.8 Å². The minimum Gasteiger partial charge on any atom is -0.478 e. The van der Waals surface area contributed by atoms with E-state index in [0.29, 0.717) is 11.4 Å². The van der Waals surface area contributed by atoms with Crippen LogP contribution in [0.1, 0.15) is 10.4 Å². The molecule has 3 N–H and O–H groups in total. The van der Waals surface area contributed by atoms with Crippen molar-refractivity contribution in [1.82, 2.24) is 0 Å². The van der Waals surface area contributed by atoms with Crippen LogP contribution >= 0.6 is 11.8 Å². The van der Waals surface area contributed by atoms with E-state index in [1.807, 2.05) is 30.5 Å². The van der Waals surface area contributed by atoms with Gasteiger partial charge in [-0.3, -0.25) is 0 Å². The zero-order chi connectivity index (χ0) is 15.2. The van der Waals surface area contributed by atoms with Crippen molar-refractivity contribution in [2.24, 2.45) is 0 Å². The molecule has 0 bridgehead atoms. The minimum atomic E-state index is -1.00. The Balaban J connectivity index is 1.95. The maximum absolute atomic E-state index is 11.8. The van der Waals surface area contributed by atoms with Gasteiger partial charge in [-0.25, -0.2) is 9.59 Å². The van der Waals surface area contributed by atoms with Crippen molar-refractivity contribution in [3.63, 3.8) is 0 Å². The third kappa shape index (κ3) is 4.25. The topological polar surface area (TPSA) is 78.4 Å². The second-order valence-electron chi connectivity index (χ2n) is 4.19. The van der Waals surface area contributed by atoms with Gasteiger partial charge in [0.05, 0.1) is 5.56 Å². The molecule has 2 amide bonds. The summed E-state index contributed by atoms with van der Waals surface area (Å²) in [6.45, 7) is 0. The van der Waals surface area contributed by atoms with E-state index in [2.05, 4.69) is 10.6 Å². The lowest BCUT2D eigenvalue weighted by molar-refractivity contribution is 0.0697. The number of carbonyl (C=O) groups excluding carboxylic acids is 1. The Kier molecular flexibility index (Phi) is 4.84. The molecule has 2 aromatic carbocycles. The molecule has 0 aliphatic rings. The Morgan fingerprint density at radius 3 is 1.81 bits per heavy atom. The van der Waals surface area contributed by atoms with Gasteiger partial charge in [0.15, 0.2) is 0 Å². The monoisotopic (exact) mass is 302 g/mol. The number of anilines is 2. The van der Waals surface area contributed by atoms with Crippen molar-refractivity contribution in [2.45, 2.75) is 4.90 Å². The first-order chi connectivity index (χ1) is 10.1. The quantitative estimate of drug-likeness (QED) is 0.752. The van der Waals surface area contributed by atoms with Gasteiger partial charge in [0.25, 0.3) is 0 Å². The Morgan fingerprint density at radius 2 is 1.38 bits per heavy atom. The Bertz CT molecular complexity index is 639. The van der Waals surface area contributed by atoms with E-state index in [4.69, 9.17) is 5.11 Å². The van der Waals surface area contributed by atoms with Crippen molar-refractivity contribution in [3.8, 4) is 0 Å². The molecule has 0 fully saturated rings. The highest BCUT2D eigenvalue weighted by molar-refractivity contribution is 7.98. The molecule has 108 valence electrons. The van der Waals surface area contributed by atoms with Crippen LogP contribution in [0.15, 0.2) is 53.4 Å². The summed E-state index contributed by atoms with van der Waals surface area (Å²) >= 11 is 1.63. The van der Waals surface area contributed by atoms with Crippen LogP contribution in [-0.4, -0.2) is 23.4 Å². The van der Waals surface area contributed by atoms with Crippen LogP contribution in [0.5, 0.6) is 0 Å². The van der Waals surface area contributed by atoms with Gasteiger partial charge in [-0.2, -0.15) is 0 Å². The number of hydrogen-bond acceptors (Lipinski definition) is 3. The number of aromatic carboxylic acids is 1. The predicted octanol–water partition coefficient (Wildman–Crippen LogP) is 3.75. The fraction of sp³-hybridized carbons (Fsp3) is 0.0667. The van der Waals surface area contributed by atoms with Crippen LogP contribution in [0.25, 0.3) is 0 Å². The number of carboxylic acids is 1. The molecule has 0 radical (unpaired) electrons. The third-order valence-electron chi connectivity index (χ3n) is 2.74. The lowest BCUT2D eigenvalue weighted by Gasteiger charge is -2.08. The van der Waals surface area contributed by atoms with Crippen LogP contribution in [-0.2, 0) is 0 Å². The summed E-state index contributed by atoms with van der Waals surface area (Å²) in [7, 11) is 0. The molecule has 2 rings (SSSR count). The minimum absolute atomic E-state index is 0.175. The summed E-state index contributed by atoms with van der Waals surface area (Å²) in [5.41, 5.74) is 1.39. The van der Waals surface area contributed by atoms with Gasteiger partial charge < -0.3 is 15.7 Å². The van der Waals surface area contributed by atoms with E-state index in [0.717, 1.165) is 4.90 Å². The van der Waals surface area contributed by atoms with Crippen molar-refractivity contribution >= 4 is 35.1 Å². The molecule has 0 aromatic heterocycles. The molecular weight excluding hydrogens is 288 g/mol. The third-order valence-corrected chi connectivity index (χ3v) is 3.48. The van der Waals surface area contributed by atoms with Crippen LogP contribution in [0.3, 0.4) is 0 Å². The highest BCUT2D eigenvalue weighted by atomic mass is 32.2. The molecule has 0 atom stereocenters. The van der Waals surface area contributed by atoms with Crippen molar-refractivity contribution in [3.05, 3.63) is 54.1 Å². The molecule has 6 heteroatoms. The summed E-state index contributed by atoms with van der Waals surface area (Å²) in [5, 5.41) is 14.1. The molecule has 0 spiro atoms. The molecule has 0 heterocycles. The fourth-order valence-corrected chi connectivity index (χ4v) is 2.07. The number of carboxylic acid groups (broad SMARTS) is 1. The number of nitrogens with one attached hydrogen (secondary N) is 2. The van der Waals surface area contributed by atoms with E-state index in [1.165, 1.54) is 12.1 Å². The van der Waals surface area contributed by atoms with Crippen LogP contribution in [0.4, 0.5) is 16.2 Å². The lowest BCUT2D eigenvalue weighted by Crippen LogP contribution is -2.19. The van der Waals surface area contributed by atoms with E-state index in [9.17, 15) is 9.59 Å². The molecule has 0 aliphatic heterocycles. The van der Waals surface area contributed by atoms with E-state index in [1.54, 1.807) is 23.9 Å². The lowest BCUT2D eigenvalue weighted by atomic mass is 10.2. The molecule has 0 unspecified atom stereocenters. The van der Waals surface area contributed by atoms with Crippen LogP contribution in [0, 0.1) is 0 Å². The van der Waals surface area contributed by atoms with Gasteiger partial charge in [-0.05, 0) is 54.8 Å². The zero-order valence-corrected chi connectivity index (χ0v) is 12.1. The molecule has 0 aliphatic carbocycles. The average molecular weight is 302 g/mol. The SMILES string of the molecule is CSc1ccc(NC(=O)Nc2ccc(C(=O)O)cc2)cc1. The average Bonchev–Trinajstić information content (AvgIpc) is 2.48. The number of urea groups is 1. The molecular formula is C15H14N2O3S. The largest absolute Gasteiger partial charge is 0.478 e. The van der Waals surface area contributed by atoms with Gasteiger partial charge >= 0.3 is 12.0 Å². The van der Waals surface area contributed by atoms with Gasteiger partial charge in [0.1, 0.15) is 0 Å². The van der Waals surface area contributed by atoms with Crippen LogP contribution in [0.2, 0.25) is 0 Å². The number of amides is 2. The Morgan fingerprint density at radius 1 is 0.905 bits per heavy atom. The summed E-state index contributed by atoms with van der Waals surface area (Å²) < 4.78 is 0. The van der Waals surface area contributed by atoms with E-state index >= 15 is 0 Å². The van der Waals surface area contributed by atoms with Gasteiger partial charge in [-0.1, -0.05) is 0 Å². The zero-order valence-electron chi connectivity index (χ0n) is 11.3. The smallest absolute Gasteiger partial charge is 0.335 e. The molecule has 0 saturated heterocycles. The second kappa shape index (κ2) is 6.81. The van der Waals surface area contributed by atoms with Crippen molar-refractivity contribution < 1.29 is 14.7 Å². The normalized spacial score (nSPS) is 9.95. The highest BCUT2D eigenvalue weighted by Crippen LogP contribution is 2.17. The molecule has 2 aromatic rings. The standard InChI is InChI=1S/C15H14N2O3S/c1-21-13-8-6-12(7-9-13)17-15(20)16-11-4-2-10(3-5-11)14(18)19/h2-9H,1H3,(H,18,19)(H2,16,17,20). The first kappa shape index (κ1) is 14.9. The van der Waals surface area contributed by atoms with Crippen molar-refractivity contribution in [1.29, 1.82) is 0 Å². The second-order valence-corrected chi connectivity index (χ2v) is 5.07. The number of benzene rings is 2. The number of rotatable bonds is 4.